The van der Waals surface area contributed by atoms with E-state index in [1.807, 2.05) is 12.1 Å². The molecule has 0 aliphatic rings. The Morgan fingerprint density at radius 3 is 2.64 bits per heavy atom. The SMILES string of the molecule is CCC/C(I)=C\N(C)NCC. The Balaban J connectivity index is 3.66. The van der Waals surface area contributed by atoms with E-state index >= 15 is 0 Å². The molecule has 2 nitrogen and oxygen atoms in total. The molecule has 0 aromatic heterocycles. The second-order valence-electron chi connectivity index (χ2n) is 2.45. The molecule has 0 aromatic carbocycles. The first-order valence-electron chi connectivity index (χ1n) is 4.03. The van der Waals surface area contributed by atoms with Gasteiger partial charge in [-0.1, -0.05) is 20.3 Å². The van der Waals surface area contributed by atoms with Crippen LogP contribution in [0.5, 0.6) is 0 Å². The lowest BCUT2D eigenvalue weighted by molar-refractivity contribution is 0.336. The molecule has 0 fully saturated rings. The molecule has 0 aliphatic heterocycles. The van der Waals surface area contributed by atoms with Gasteiger partial charge in [0.2, 0.25) is 0 Å². The van der Waals surface area contributed by atoms with Crippen molar-refractivity contribution in [3.63, 3.8) is 0 Å². The highest BCUT2D eigenvalue weighted by molar-refractivity contribution is 14.1. The molecule has 3 heteroatoms. The summed E-state index contributed by atoms with van der Waals surface area (Å²) in [5, 5.41) is 2.01. The lowest BCUT2D eigenvalue weighted by atomic mass is 10.3. The molecule has 0 atom stereocenters. The van der Waals surface area contributed by atoms with Crippen LogP contribution in [0.1, 0.15) is 26.7 Å². The van der Waals surface area contributed by atoms with E-state index in [9.17, 15) is 0 Å². The average Bonchev–Trinajstić information content (AvgIpc) is 1.87. The lowest BCUT2D eigenvalue weighted by Crippen LogP contribution is -2.29. The summed E-state index contributed by atoms with van der Waals surface area (Å²) in [6, 6.07) is 0. The van der Waals surface area contributed by atoms with E-state index in [0.29, 0.717) is 0 Å². The summed E-state index contributed by atoms with van der Waals surface area (Å²) >= 11 is 2.38. The number of nitrogens with one attached hydrogen (secondary N) is 1. The average molecular weight is 268 g/mol. The van der Waals surface area contributed by atoms with Gasteiger partial charge in [-0.15, -0.1) is 0 Å². The number of hydrogen-bond acceptors (Lipinski definition) is 2. The number of rotatable bonds is 5. The fourth-order valence-corrected chi connectivity index (χ4v) is 1.77. The zero-order valence-electron chi connectivity index (χ0n) is 7.52. The summed E-state index contributed by atoms with van der Waals surface area (Å²) in [5.41, 5.74) is 3.19. The monoisotopic (exact) mass is 268 g/mol. The summed E-state index contributed by atoms with van der Waals surface area (Å²) in [7, 11) is 2.03. The minimum absolute atomic E-state index is 0.975. The number of halogens is 1. The Kier molecular flexibility index (Phi) is 7.06. The van der Waals surface area contributed by atoms with Crippen LogP contribution in [-0.2, 0) is 0 Å². The van der Waals surface area contributed by atoms with Crippen LogP contribution in [0.15, 0.2) is 9.78 Å². The van der Waals surface area contributed by atoms with Crippen molar-refractivity contribution in [1.29, 1.82) is 0 Å². The third-order valence-electron chi connectivity index (χ3n) is 1.23. The van der Waals surface area contributed by atoms with Gasteiger partial charge in [0, 0.05) is 23.4 Å². The van der Waals surface area contributed by atoms with E-state index < -0.39 is 0 Å². The van der Waals surface area contributed by atoms with Gasteiger partial charge in [0.25, 0.3) is 0 Å². The van der Waals surface area contributed by atoms with Crippen molar-refractivity contribution in [3.8, 4) is 0 Å². The Morgan fingerprint density at radius 2 is 2.18 bits per heavy atom. The molecule has 66 valence electrons. The molecular weight excluding hydrogens is 251 g/mol. The van der Waals surface area contributed by atoms with Crippen LogP contribution in [0.2, 0.25) is 0 Å². The quantitative estimate of drug-likeness (QED) is 0.609. The largest absolute Gasteiger partial charge is 0.318 e. The third-order valence-corrected chi connectivity index (χ3v) is 2.05. The van der Waals surface area contributed by atoms with Crippen molar-refractivity contribution >= 4 is 22.6 Å². The van der Waals surface area contributed by atoms with Crippen molar-refractivity contribution in [2.24, 2.45) is 0 Å². The van der Waals surface area contributed by atoms with E-state index in [1.165, 1.54) is 16.4 Å². The minimum Gasteiger partial charge on any atom is -0.318 e. The van der Waals surface area contributed by atoms with Gasteiger partial charge in [-0.05, 0) is 29.0 Å². The van der Waals surface area contributed by atoms with Crippen LogP contribution in [0.4, 0.5) is 0 Å². The first-order valence-corrected chi connectivity index (χ1v) is 5.11. The van der Waals surface area contributed by atoms with Gasteiger partial charge in [-0.3, -0.25) is 0 Å². The molecule has 1 N–H and O–H groups in total. The van der Waals surface area contributed by atoms with Crippen LogP contribution in [-0.4, -0.2) is 18.6 Å². The third kappa shape index (κ3) is 6.62. The van der Waals surface area contributed by atoms with Gasteiger partial charge in [0.05, 0.1) is 0 Å². The maximum atomic E-state index is 3.19. The van der Waals surface area contributed by atoms with Crippen LogP contribution < -0.4 is 5.43 Å². The van der Waals surface area contributed by atoms with Gasteiger partial charge >= 0.3 is 0 Å². The van der Waals surface area contributed by atoms with Gasteiger partial charge in [-0.2, -0.15) is 0 Å². The second-order valence-corrected chi connectivity index (χ2v) is 3.83. The van der Waals surface area contributed by atoms with E-state index in [-0.39, 0.29) is 0 Å². The van der Waals surface area contributed by atoms with Crippen molar-refractivity contribution in [3.05, 3.63) is 9.78 Å². The smallest absolute Gasteiger partial charge is 0.0247 e. The summed E-state index contributed by atoms with van der Waals surface area (Å²) in [4.78, 5) is 0. The van der Waals surface area contributed by atoms with Gasteiger partial charge in [0.1, 0.15) is 0 Å². The van der Waals surface area contributed by atoms with E-state index in [4.69, 9.17) is 0 Å². The fourth-order valence-electron chi connectivity index (χ4n) is 0.809. The summed E-state index contributed by atoms with van der Waals surface area (Å²) in [5.74, 6) is 0. The first kappa shape index (κ1) is 11.2. The van der Waals surface area contributed by atoms with Crippen molar-refractivity contribution in [1.82, 2.24) is 10.4 Å². The standard InChI is InChI=1S/C8H17IN2/c1-4-6-8(9)7-11(3)10-5-2/h7,10H,4-6H2,1-3H3/b8-7+. The summed E-state index contributed by atoms with van der Waals surface area (Å²) < 4.78 is 1.40. The van der Waals surface area contributed by atoms with Gasteiger partial charge in [-0.25, -0.2) is 5.43 Å². The Morgan fingerprint density at radius 1 is 1.55 bits per heavy atom. The number of hydrogen-bond donors (Lipinski definition) is 1. The predicted molar refractivity (Wildman–Crippen MR) is 58.5 cm³/mol. The van der Waals surface area contributed by atoms with E-state index in [1.54, 1.807) is 0 Å². The number of nitrogens with zero attached hydrogens (tertiary/aromatic N) is 1. The summed E-state index contributed by atoms with van der Waals surface area (Å²) in [6.45, 7) is 5.26. The Bertz CT molecular complexity index is 123. The molecule has 0 bridgehead atoms. The zero-order chi connectivity index (χ0) is 8.69. The molecule has 0 amide bonds. The molecule has 11 heavy (non-hydrogen) atoms. The molecule has 0 radical (unpaired) electrons. The zero-order valence-corrected chi connectivity index (χ0v) is 9.68. The number of allylic oxidation sites excluding steroid dienone is 1. The molecular formula is C8H17IN2. The molecule has 0 aromatic rings. The topological polar surface area (TPSA) is 15.3 Å². The molecule has 0 heterocycles. The molecule has 0 aliphatic carbocycles. The maximum absolute atomic E-state index is 3.19. The summed E-state index contributed by atoms with van der Waals surface area (Å²) in [6.07, 6.45) is 4.53. The highest BCUT2D eigenvalue weighted by atomic mass is 127. The van der Waals surface area contributed by atoms with Crippen molar-refractivity contribution in [2.75, 3.05) is 13.6 Å². The van der Waals surface area contributed by atoms with E-state index in [2.05, 4.69) is 48.1 Å². The highest BCUT2D eigenvalue weighted by Crippen LogP contribution is 2.12. The fraction of sp³-hybridized carbons (Fsp3) is 0.750. The predicted octanol–water partition coefficient (Wildman–Crippen LogP) is 2.52. The van der Waals surface area contributed by atoms with Crippen LogP contribution in [0.25, 0.3) is 0 Å². The highest BCUT2D eigenvalue weighted by Gasteiger charge is 1.91. The Hall–Kier alpha value is 0.230. The minimum atomic E-state index is 0.975. The first-order chi connectivity index (χ1) is 5.20. The maximum Gasteiger partial charge on any atom is 0.0247 e. The molecule has 0 saturated heterocycles. The molecule has 0 unspecified atom stereocenters. The van der Waals surface area contributed by atoms with Crippen LogP contribution in [0.3, 0.4) is 0 Å². The lowest BCUT2D eigenvalue weighted by Gasteiger charge is -2.14. The van der Waals surface area contributed by atoms with Crippen LogP contribution in [0, 0.1) is 0 Å². The number of hydrazine groups is 1. The Labute approximate surface area is 83.1 Å². The molecule has 0 rings (SSSR count). The van der Waals surface area contributed by atoms with Crippen molar-refractivity contribution in [2.45, 2.75) is 26.7 Å². The normalized spacial score (nSPS) is 11.8. The van der Waals surface area contributed by atoms with Gasteiger partial charge < -0.3 is 5.01 Å². The van der Waals surface area contributed by atoms with Crippen molar-refractivity contribution < 1.29 is 0 Å². The molecule has 0 spiro atoms. The second kappa shape index (κ2) is 6.91. The molecule has 0 saturated carbocycles. The van der Waals surface area contributed by atoms with Crippen LogP contribution >= 0.6 is 22.6 Å². The van der Waals surface area contributed by atoms with Gasteiger partial charge in [0.15, 0.2) is 0 Å². The van der Waals surface area contributed by atoms with E-state index in [0.717, 1.165) is 6.54 Å².